The second-order valence-corrected chi connectivity index (χ2v) is 7.24. The Kier molecular flexibility index (Phi) is 5.74. The van der Waals surface area contributed by atoms with Gasteiger partial charge in [-0.25, -0.2) is 0 Å². The van der Waals surface area contributed by atoms with Gasteiger partial charge in [0, 0.05) is 30.6 Å². The number of hydrogen-bond acceptors (Lipinski definition) is 3. The Labute approximate surface area is 149 Å². The molecule has 2 amide bonds. The van der Waals surface area contributed by atoms with Crippen LogP contribution < -0.4 is 5.32 Å². The maximum Gasteiger partial charge on any atom is 0.227 e. The van der Waals surface area contributed by atoms with Crippen LogP contribution in [0.4, 0.5) is 5.69 Å². The molecule has 5 heteroatoms. The lowest BCUT2D eigenvalue weighted by atomic mass is 9.80. The van der Waals surface area contributed by atoms with Crippen LogP contribution in [0.25, 0.3) is 0 Å². The van der Waals surface area contributed by atoms with Crippen LogP contribution in [0.5, 0.6) is 0 Å². The van der Waals surface area contributed by atoms with Crippen molar-refractivity contribution in [2.24, 2.45) is 11.8 Å². The van der Waals surface area contributed by atoms with Crippen molar-refractivity contribution < 1.29 is 14.3 Å². The number of nitrogens with one attached hydrogen (secondary N) is 1. The van der Waals surface area contributed by atoms with Crippen LogP contribution >= 0.6 is 0 Å². The number of para-hydroxylation sites is 1. The quantitative estimate of drug-likeness (QED) is 0.917. The number of amides is 2. The summed E-state index contributed by atoms with van der Waals surface area (Å²) in [4.78, 5) is 27.1. The van der Waals surface area contributed by atoms with Crippen molar-refractivity contribution in [1.29, 1.82) is 0 Å². The van der Waals surface area contributed by atoms with Crippen molar-refractivity contribution in [2.75, 3.05) is 31.6 Å². The monoisotopic (exact) mass is 344 g/mol. The van der Waals surface area contributed by atoms with E-state index in [2.05, 4.69) is 5.32 Å². The summed E-state index contributed by atoms with van der Waals surface area (Å²) in [7, 11) is 0. The molecular formula is C20H28N2O3. The Hall–Kier alpha value is -1.88. The summed E-state index contributed by atoms with van der Waals surface area (Å²) < 4.78 is 5.31. The van der Waals surface area contributed by atoms with Crippen molar-refractivity contribution in [2.45, 2.75) is 39.5 Å². The van der Waals surface area contributed by atoms with E-state index in [1.807, 2.05) is 36.9 Å². The first-order valence-corrected chi connectivity index (χ1v) is 9.30. The minimum absolute atomic E-state index is 0.00717. The van der Waals surface area contributed by atoms with Crippen LogP contribution in [-0.4, -0.2) is 43.0 Å². The predicted molar refractivity (Wildman–Crippen MR) is 97.4 cm³/mol. The number of hydrogen-bond donors (Lipinski definition) is 1. The van der Waals surface area contributed by atoms with Crippen molar-refractivity contribution in [1.82, 2.24) is 4.90 Å². The first kappa shape index (κ1) is 17.9. The lowest BCUT2D eigenvalue weighted by Crippen LogP contribution is -2.44. The Morgan fingerprint density at radius 2 is 1.56 bits per heavy atom. The molecule has 1 aliphatic carbocycles. The molecule has 1 aliphatic heterocycles. The van der Waals surface area contributed by atoms with Crippen LogP contribution in [0.1, 0.15) is 36.8 Å². The summed E-state index contributed by atoms with van der Waals surface area (Å²) in [6.45, 7) is 6.71. The van der Waals surface area contributed by atoms with Crippen LogP contribution in [-0.2, 0) is 14.3 Å². The minimum Gasteiger partial charge on any atom is -0.378 e. The van der Waals surface area contributed by atoms with Gasteiger partial charge in [-0.05, 0) is 50.7 Å². The van der Waals surface area contributed by atoms with Gasteiger partial charge in [-0.1, -0.05) is 18.2 Å². The van der Waals surface area contributed by atoms with Crippen molar-refractivity contribution in [3.8, 4) is 0 Å². The highest BCUT2D eigenvalue weighted by atomic mass is 16.5. The smallest absolute Gasteiger partial charge is 0.227 e. The molecule has 3 rings (SSSR count). The number of carbonyl (C=O) groups is 2. The minimum atomic E-state index is 0.00717. The SMILES string of the molecule is Cc1cccc(C)c1NC(=O)C1CCC(C(=O)N2CCOCC2)CC1. The summed E-state index contributed by atoms with van der Waals surface area (Å²) in [6, 6.07) is 6.03. The fourth-order valence-electron chi connectivity index (χ4n) is 3.88. The molecule has 5 nitrogen and oxygen atoms in total. The third-order valence-electron chi connectivity index (χ3n) is 5.50. The summed E-state index contributed by atoms with van der Waals surface area (Å²) >= 11 is 0. The number of carbonyl (C=O) groups excluding carboxylic acids is 2. The molecule has 1 saturated heterocycles. The van der Waals surface area contributed by atoms with E-state index in [1.54, 1.807) is 0 Å². The van der Waals surface area contributed by atoms with Gasteiger partial charge >= 0.3 is 0 Å². The van der Waals surface area contributed by atoms with E-state index in [9.17, 15) is 9.59 Å². The topological polar surface area (TPSA) is 58.6 Å². The van der Waals surface area contributed by atoms with E-state index in [0.717, 1.165) is 42.5 Å². The molecule has 136 valence electrons. The fourth-order valence-corrected chi connectivity index (χ4v) is 3.88. The lowest BCUT2D eigenvalue weighted by Gasteiger charge is -2.33. The first-order valence-electron chi connectivity index (χ1n) is 9.30. The standard InChI is InChI=1S/C20H28N2O3/c1-14-4-3-5-15(2)18(14)21-19(23)16-6-8-17(9-7-16)20(24)22-10-12-25-13-11-22/h3-5,16-17H,6-13H2,1-2H3,(H,21,23). The Morgan fingerprint density at radius 3 is 2.16 bits per heavy atom. The average Bonchev–Trinajstić information content (AvgIpc) is 2.65. The largest absolute Gasteiger partial charge is 0.378 e. The third kappa shape index (κ3) is 4.21. The van der Waals surface area contributed by atoms with E-state index in [-0.39, 0.29) is 23.7 Å². The van der Waals surface area contributed by atoms with Crippen LogP contribution in [0.3, 0.4) is 0 Å². The lowest BCUT2D eigenvalue weighted by molar-refractivity contribution is -0.141. The number of ether oxygens (including phenoxy) is 1. The predicted octanol–water partition coefficient (Wildman–Crippen LogP) is 2.91. The fraction of sp³-hybridized carbons (Fsp3) is 0.600. The van der Waals surface area contributed by atoms with Crippen LogP contribution in [0, 0.1) is 25.7 Å². The highest BCUT2D eigenvalue weighted by molar-refractivity contribution is 5.94. The van der Waals surface area contributed by atoms with Gasteiger partial charge in [-0.15, -0.1) is 0 Å². The van der Waals surface area contributed by atoms with Crippen LogP contribution in [0.15, 0.2) is 18.2 Å². The highest BCUT2D eigenvalue weighted by Gasteiger charge is 2.32. The number of nitrogens with zero attached hydrogens (tertiary/aromatic N) is 1. The van der Waals surface area contributed by atoms with E-state index in [1.165, 1.54) is 0 Å². The number of rotatable bonds is 3. The second kappa shape index (κ2) is 8.00. The van der Waals surface area contributed by atoms with Crippen LogP contribution in [0.2, 0.25) is 0 Å². The zero-order chi connectivity index (χ0) is 17.8. The van der Waals surface area contributed by atoms with Gasteiger partial charge in [-0.2, -0.15) is 0 Å². The Morgan fingerprint density at radius 1 is 1.00 bits per heavy atom. The number of anilines is 1. The summed E-state index contributed by atoms with van der Waals surface area (Å²) in [6.07, 6.45) is 3.19. The molecule has 0 radical (unpaired) electrons. The van der Waals surface area contributed by atoms with Gasteiger partial charge in [0.25, 0.3) is 0 Å². The Balaban J connectivity index is 1.53. The molecule has 2 fully saturated rings. The van der Waals surface area contributed by atoms with Gasteiger partial charge in [0.2, 0.25) is 11.8 Å². The van der Waals surface area contributed by atoms with E-state index < -0.39 is 0 Å². The van der Waals surface area contributed by atoms with Gasteiger partial charge in [0.15, 0.2) is 0 Å². The van der Waals surface area contributed by atoms with Gasteiger partial charge < -0.3 is 15.0 Å². The molecule has 1 aromatic carbocycles. The molecule has 0 atom stereocenters. The molecule has 25 heavy (non-hydrogen) atoms. The Bertz CT molecular complexity index is 610. The maximum atomic E-state index is 12.6. The van der Waals surface area contributed by atoms with E-state index in [0.29, 0.717) is 26.3 Å². The first-order chi connectivity index (χ1) is 12.1. The normalized spacial score (nSPS) is 24.0. The highest BCUT2D eigenvalue weighted by Crippen LogP contribution is 2.31. The maximum absolute atomic E-state index is 12.6. The molecule has 0 bridgehead atoms. The number of benzene rings is 1. The van der Waals surface area contributed by atoms with Crippen molar-refractivity contribution in [3.05, 3.63) is 29.3 Å². The number of morpholine rings is 1. The molecular weight excluding hydrogens is 316 g/mol. The summed E-state index contributed by atoms with van der Waals surface area (Å²) in [5.41, 5.74) is 3.10. The summed E-state index contributed by atoms with van der Waals surface area (Å²) in [5.74, 6) is 0.418. The van der Waals surface area contributed by atoms with Gasteiger partial charge in [-0.3, -0.25) is 9.59 Å². The zero-order valence-electron chi connectivity index (χ0n) is 15.2. The molecule has 1 N–H and O–H groups in total. The second-order valence-electron chi connectivity index (χ2n) is 7.24. The average molecular weight is 344 g/mol. The summed E-state index contributed by atoms with van der Waals surface area (Å²) in [5, 5.41) is 3.10. The van der Waals surface area contributed by atoms with Crippen molar-refractivity contribution in [3.63, 3.8) is 0 Å². The molecule has 2 aliphatic rings. The van der Waals surface area contributed by atoms with Crippen molar-refractivity contribution >= 4 is 17.5 Å². The molecule has 1 aromatic rings. The van der Waals surface area contributed by atoms with Gasteiger partial charge in [0.05, 0.1) is 13.2 Å². The van der Waals surface area contributed by atoms with E-state index in [4.69, 9.17) is 4.74 Å². The zero-order valence-corrected chi connectivity index (χ0v) is 15.2. The third-order valence-corrected chi connectivity index (χ3v) is 5.50. The van der Waals surface area contributed by atoms with E-state index >= 15 is 0 Å². The molecule has 1 heterocycles. The van der Waals surface area contributed by atoms with Gasteiger partial charge in [0.1, 0.15) is 0 Å². The molecule has 0 aromatic heterocycles. The molecule has 0 spiro atoms. The molecule has 0 unspecified atom stereocenters. The number of aryl methyl sites for hydroxylation is 2. The molecule has 1 saturated carbocycles.